The average Bonchev–Trinajstić information content (AvgIpc) is 3.21. The van der Waals surface area contributed by atoms with E-state index in [4.69, 9.17) is 0 Å². The fourth-order valence-corrected chi connectivity index (χ4v) is 4.71. The zero-order valence-corrected chi connectivity index (χ0v) is 16.6. The highest BCUT2D eigenvalue weighted by Gasteiger charge is 2.47. The first kappa shape index (κ1) is 18.2. The minimum Gasteiger partial charge on any atom is -0.356 e. The van der Waals surface area contributed by atoms with E-state index in [1.54, 1.807) is 11.3 Å². The van der Waals surface area contributed by atoms with E-state index < -0.39 is 5.41 Å². The molecule has 2 amide bonds. The van der Waals surface area contributed by atoms with Gasteiger partial charge in [0, 0.05) is 25.6 Å². The molecule has 1 aromatic carbocycles. The number of nitrogens with zero attached hydrogens (tertiary/aromatic N) is 1. The van der Waals surface area contributed by atoms with E-state index in [2.05, 4.69) is 46.4 Å². The summed E-state index contributed by atoms with van der Waals surface area (Å²) in [4.78, 5) is 27.4. The number of hydrogen-bond donors (Lipinski definition) is 1. The van der Waals surface area contributed by atoms with E-state index in [1.165, 1.54) is 11.1 Å². The Morgan fingerprint density at radius 2 is 1.96 bits per heavy atom. The smallest absolute Gasteiger partial charge is 0.228 e. The number of hydrogen-bond acceptors (Lipinski definition) is 3. The topological polar surface area (TPSA) is 49.4 Å². The lowest BCUT2D eigenvalue weighted by atomic mass is 9.79. The summed E-state index contributed by atoms with van der Waals surface area (Å²) in [6.45, 7) is 3.80. The lowest BCUT2D eigenvalue weighted by Gasteiger charge is -2.28. The van der Waals surface area contributed by atoms with Gasteiger partial charge in [-0.05, 0) is 66.1 Å². The van der Waals surface area contributed by atoms with Crippen LogP contribution in [0.4, 0.5) is 0 Å². The number of nitrogens with one attached hydrogen (secondary N) is 1. The van der Waals surface area contributed by atoms with Crippen LogP contribution in [0.5, 0.6) is 0 Å². The van der Waals surface area contributed by atoms with Crippen molar-refractivity contribution in [2.75, 3.05) is 19.6 Å². The molecule has 1 saturated heterocycles. The van der Waals surface area contributed by atoms with Crippen LogP contribution in [0.25, 0.3) is 11.1 Å². The summed E-state index contributed by atoms with van der Waals surface area (Å²) in [5.74, 6) is 0.534. The van der Waals surface area contributed by atoms with E-state index in [1.807, 2.05) is 11.8 Å². The molecule has 2 heterocycles. The monoisotopic (exact) mass is 382 g/mol. The predicted octanol–water partition coefficient (Wildman–Crippen LogP) is 3.72. The first-order valence-electron chi connectivity index (χ1n) is 9.80. The Balaban J connectivity index is 1.53. The molecule has 1 atom stereocenters. The van der Waals surface area contributed by atoms with Crippen molar-refractivity contribution in [2.24, 2.45) is 11.3 Å². The SMILES string of the molecule is CCNC(=O)[C@]1(Cc2ccc(-c3ccsc3)cc2)CCN(C(=O)C2CC2)C1. The van der Waals surface area contributed by atoms with Crippen LogP contribution < -0.4 is 5.32 Å². The Morgan fingerprint density at radius 1 is 1.19 bits per heavy atom. The number of carbonyl (C=O) groups is 2. The van der Waals surface area contributed by atoms with Gasteiger partial charge >= 0.3 is 0 Å². The second-order valence-corrected chi connectivity index (χ2v) is 8.59. The third-order valence-corrected chi connectivity index (χ3v) is 6.45. The zero-order chi connectivity index (χ0) is 18.9. The number of carbonyl (C=O) groups excluding carboxylic acids is 2. The van der Waals surface area contributed by atoms with Gasteiger partial charge in [-0.25, -0.2) is 0 Å². The number of thiophene rings is 1. The molecular formula is C22H26N2O2S. The second-order valence-electron chi connectivity index (χ2n) is 7.81. The largest absolute Gasteiger partial charge is 0.356 e. The molecule has 27 heavy (non-hydrogen) atoms. The molecule has 2 aliphatic rings. The fraction of sp³-hybridized carbons (Fsp3) is 0.455. The van der Waals surface area contributed by atoms with Crippen molar-refractivity contribution in [2.45, 2.75) is 32.6 Å². The van der Waals surface area contributed by atoms with Gasteiger partial charge in [0.1, 0.15) is 0 Å². The van der Waals surface area contributed by atoms with Crippen molar-refractivity contribution in [3.8, 4) is 11.1 Å². The van der Waals surface area contributed by atoms with Gasteiger partial charge in [0.15, 0.2) is 0 Å². The minimum absolute atomic E-state index is 0.0815. The molecule has 4 nitrogen and oxygen atoms in total. The Labute approximate surface area is 164 Å². The highest BCUT2D eigenvalue weighted by Crippen LogP contribution is 2.39. The summed E-state index contributed by atoms with van der Waals surface area (Å²) in [7, 11) is 0. The van der Waals surface area contributed by atoms with Gasteiger partial charge in [-0.1, -0.05) is 24.3 Å². The van der Waals surface area contributed by atoms with Crippen molar-refractivity contribution >= 4 is 23.2 Å². The van der Waals surface area contributed by atoms with E-state index in [-0.39, 0.29) is 17.7 Å². The maximum absolute atomic E-state index is 12.9. The Bertz CT molecular complexity index is 811. The molecule has 2 aromatic rings. The summed E-state index contributed by atoms with van der Waals surface area (Å²) in [5.41, 5.74) is 3.07. The molecule has 0 unspecified atom stereocenters. The molecule has 5 heteroatoms. The summed E-state index contributed by atoms with van der Waals surface area (Å²) in [6, 6.07) is 10.6. The van der Waals surface area contributed by atoms with Gasteiger partial charge in [-0.15, -0.1) is 0 Å². The Morgan fingerprint density at radius 3 is 2.59 bits per heavy atom. The van der Waals surface area contributed by atoms with E-state index in [0.29, 0.717) is 26.1 Å². The lowest BCUT2D eigenvalue weighted by Crippen LogP contribution is -2.45. The lowest BCUT2D eigenvalue weighted by molar-refractivity contribution is -0.134. The molecule has 1 aliphatic carbocycles. The summed E-state index contributed by atoms with van der Waals surface area (Å²) in [5, 5.41) is 7.23. The van der Waals surface area contributed by atoms with Gasteiger partial charge in [0.25, 0.3) is 0 Å². The van der Waals surface area contributed by atoms with Crippen molar-refractivity contribution in [1.29, 1.82) is 0 Å². The molecule has 0 spiro atoms. The van der Waals surface area contributed by atoms with Gasteiger partial charge in [-0.2, -0.15) is 11.3 Å². The average molecular weight is 383 g/mol. The molecule has 0 radical (unpaired) electrons. The first-order valence-corrected chi connectivity index (χ1v) is 10.7. The second kappa shape index (κ2) is 7.47. The van der Waals surface area contributed by atoms with Crippen LogP contribution in [0.15, 0.2) is 41.1 Å². The maximum Gasteiger partial charge on any atom is 0.228 e. The van der Waals surface area contributed by atoms with E-state index >= 15 is 0 Å². The van der Waals surface area contributed by atoms with Crippen molar-refractivity contribution in [3.63, 3.8) is 0 Å². The van der Waals surface area contributed by atoms with Gasteiger partial charge in [0.2, 0.25) is 11.8 Å². The van der Waals surface area contributed by atoms with E-state index in [9.17, 15) is 9.59 Å². The molecule has 4 rings (SSSR count). The van der Waals surface area contributed by atoms with Crippen LogP contribution >= 0.6 is 11.3 Å². The van der Waals surface area contributed by atoms with Crippen LogP contribution in [0.1, 0.15) is 31.7 Å². The highest BCUT2D eigenvalue weighted by atomic mass is 32.1. The minimum atomic E-state index is -0.509. The zero-order valence-electron chi connectivity index (χ0n) is 15.7. The standard InChI is InChI=1S/C22H26N2O2S/c1-2-23-21(26)22(10-11-24(15-22)20(25)18-7-8-18)13-16-3-5-17(6-4-16)19-9-12-27-14-19/h3-6,9,12,14,18H,2,7-8,10-11,13,15H2,1H3,(H,23,26)/t22-/m0/s1. The van der Waals surface area contributed by atoms with Crippen molar-refractivity contribution in [1.82, 2.24) is 10.2 Å². The van der Waals surface area contributed by atoms with Crippen molar-refractivity contribution < 1.29 is 9.59 Å². The Hall–Kier alpha value is -2.14. The van der Waals surface area contributed by atoms with Gasteiger partial charge in [0.05, 0.1) is 5.41 Å². The van der Waals surface area contributed by atoms with Crippen LogP contribution in [-0.2, 0) is 16.0 Å². The maximum atomic E-state index is 12.9. The fourth-order valence-electron chi connectivity index (χ4n) is 4.04. The summed E-state index contributed by atoms with van der Waals surface area (Å²) < 4.78 is 0. The summed E-state index contributed by atoms with van der Waals surface area (Å²) in [6.07, 6.45) is 3.43. The number of amides is 2. The number of likely N-dealkylation sites (tertiary alicyclic amines) is 1. The normalized spacial score (nSPS) is 22.0. The van der Waals surface area contributed by atoms with E-state index in [0.717, 1.165) is 24.8 Å². The third kappa shape index (κ3) is 3.79. The van der Waals surface area contributed by atoms with Crippen LogP contribution in [0.2, 0.25) is 0 Å². The van der Waals surface area contributed by atoms with Crippen LogP contribution in [0, 0.1) is 11.3 Å². The molecule has 1 N–H and O–H groups in total. The third-order valence-electron chi connectivity index (χ3n) is 5.76. The molecule has 2 fully saturated rings. The molecule has 0 bridgehead atoms. The van der Waals surface area contributed by atoms with Gasteiger partial charge < -0.3 is 10.2 Å². The van der Waals surface area contributed by atoms with Crippen LogP contribution in [-0.4, -0.2) is 36.3 Å². The summed E-state index contributed by atoms with van der Waals surface area (Å²) >= 11 is 1.69. The number of rotatable bonds is 6. The highest BCUT2D eigenvalue weighted by molar-refractivity contribution is 7.08. The van der Waals surface area contributed by atoms with Crippen LogP contribution in [0.3, 0.4) is 0 Å². The molecule has 1 aromatic heterocycles. The predicted molar refractivity (Wildman–Crippen MR) is 108 cm³/mol. The van der Waals surface area contributed by atoms with Gasteiger partial charge in [-0.3, -0.25) is 9.59 Å². The first-order chi connectivity index (χ1) is 13.1. The van der Waals surface area contributed by atoms with Crippen molar-refractivity contribution in [3.05, 3.63) is 46.7 Å². The number of benzene rings is 1. The molecule has 142 valence electrons. The molecular weight excluding hydrogens is 356 g/mol. The molecule has 1 saturated carbocycles. The quantitative estimate of drug-likeness (QED) is 0.828. The Kier molecular flexibility index (Phi) is 5.04. The molecule has 1 aliphatic heterocycles.